The van der Waals surface area contributed by atoms with Gasteiger partial charge in [0.2, 0.25) is 10.0 Å². The summed E-state index contributed by atoms with van der Waals surface area (Å²) in [5.41, 5.74) is 1.80. The van der Waals surface area contributed by atoms with Gasteiger partial charge in [0, 0.05) is 37.5 Å². The van der Waals surface area contributed by atoms with Crippen molar-refractivity contribution in [3.05, 3.63) is 64.2 Å². The second kappa shape index (κ2) is 8.47. The van der Waals surface area contributed by atoms with Gasteiger partial charge in [-0.05, 0) is 18.2 Å². The molecule has 27 heavy (non-hydrogen) atoms. The highest BCUT2D eigenvalue weighted by atomic mass is 32.2. The van der Waals surface area contributed by atoms with Gasteiger partial charge in [0.05, 0.1) is 30.5 Å². The van der Waals surface area contributed by atoms with Crippen LogP contribution in [-0.4, -0.2) is 48.1 Å². The van der Waals surface area contributed by atoms with Crippen LogP contribution in [0.5, 0.6) is 0 Å². The van der Waals surface area contributed by atoms with Crippen LogP contribution in [0.1, 0.15) is 11.6 Å². The van der Waals surface area contributed by atoms with Crippen molar-refractivity contribution in [1.29, 1.82) is 0 Å². The zero-order valence-corrected chi connectivity index (χ0v) is 16.7. The summed E-state index contributed by atoms with van der Waals surface area (Å²) in [4.78, 5) is 13.2. The van der Waals surface area contributed by atoms with E-state index in [2.05, 4.69) is 4.72 Å². The zero-order valence-electron chi connectivity index (χ0n) is 15.8. The number of nitro benzene ring substituents is 1. The first-order chi connectivity index (χ1) is 12.6. The molecule has 0 heterocycles. The fourth-order valence-electron chi connectivity index (χ4n) is 2.70. The monoisotopic (exact) mass is 393 g/mol. The average molecular weight is 393 g/mol. The first-order valence-electron chi connectivity index (χ1n) is 8.43. The SMILES string of the molecule is CN(C)c1ccc([C@@H](CNS(=O)(=O)c2cccc([N+](=O)[O-])c2)[NH+](C)C)cc1. The van der Waals surface area contributed by atoms with E-state index in [1.807, 2.05) is 57.4 Å². The zero-order chi connectivity index (χ0) is 20.2. The lowest BCUT2D eigenvalue weighted by molar-refractivity contribution is -0.890. The third-order valence-electron chi connectivity index (χ3n) is 4.32. The van der Waals surface area contributed by atoms with Crippen LogP contribution in [0.2, 0.25) is 0 Å². The van der Waals surface area contributed by atoms with E-state index in [0.29, 0.717) is 0 Å². The molecule has 0 aliphatic rings. The number of non-ortho nitro benzene ring substituents is 1. The number of rotatable bonds is 8. The molecule has 0 saturated heterocycles. The summed E-state index contributed by atoms with van der Waals surface area (Å²) < 4.78 is 27.7. The molecule has 1 atom stereocenters. The molecule has 0 saturated carbocycles. The van der Waals surface area contributed by atoms with Crippen molar-refractivity contribution < 1.29 is 18.2 Å². The summed E-state index contributed by atoms with van der Waals surface area (Å²) in [6.45, 7) is 0.175. The van der Waals surface area contributed by atoms with Crippen LogP contribution in [-0.2, 0) is 10.0 Å². The molecule has 0 spiro atoms. The van der Waals surface area contributed by atoms with Crippen molar-refractivity contribution in [2.75, 3.05) is 39.6 Å². The van der Waals surface area contributed by atoms with Gasteiger partial charge >= 0.3 is 0 Å². The molecule has 0 bridgehead atoms. The number of likely N-dealkylation sites (N-methyl/N-ethyl adjacent to an activating group) is 1. The maximum atomic E-state index is 12.6. The van der Waals surface area contributed by atoms with Gasteiger partial charge in [-0.3, -0.25) is 10.1 Å². The molecule has 0 aliphatic carbocycles. The van der Waals surface area contributed by atoms with Crippen LogP contribution < -0.4 is 14.5 Å². The molecule has 0 radical (unpaired) electrons. The minimum absolute atomic E-state index is 0.102. The number of nitro groups is 1. The van der Waals surface area contributed by atoms with Gasteiger partial charge < -0.3 is 9.80 Å². The lowest BCUT2D eigenvalue weighted by Crippen LogP contribution is -3.07. The molecule has 0 aromatic heterocycles. The number of benzene rings is 2. The number of nitrogens with one attached hydrogen (secondary N) is 2. The highest BCUT2D eigenvalue weighted by Crippen LogP contribution is 2.19. The quantitative estimate of drug-likeness (QED) is 0.511. The van der Waals surface area contributed by atoms with Crippen molar-refractivity contribution in [1.82, 2.24) is 4.72 Å². The van der Waals surface area contributed by atoms with E-state index in [4.69, 9.17) is 0 Å². The molecule has 8 nitrogen and oxygen atoms in total. The van der Waals surface area contributed by atoms with E-state index in [9.17, 15) is 18.5 Å². The van der Waals surface area contributed by atoms with Crippen LogP contribution >= 0.6 is 0 Å². The summed E-state index contributed by atoms with van der Waals surface area (Å²) >= 11 is 0. The van der Waals surface area contributed by atoms with Gasteiger partial charge in [-0.15, -0.1) is 0 Å². The van der Waals surface area contributed by atoms with Crippen LogP contribution in [0.15, 0.2) is 53.4 Å². The number of hydrogen-bond acceptors (Lipinski definition) is 5. The summed E-state index contributed by atoms with van der Waals surface area (Å²) in [5, 5.41) is 10.9. The Morgan fingerprint density at radius 3 is 2.30 bits per heavy atom. The minimum atomic E-state index is -3.85. The van der Waals surface area contributed by atoms with E-state index in [0.717, 1.165) is 22.2 Å². The Kier molecular flexibility index (Phi) is 6.53. The Labute approximate surface area is 159 Å². The Balaban J connectivity index is 2.19. The van der Waals surface area contributed by atoms with Crippen molar-refractivity contribution >= 4 is 21.4 Å². The maximum Gasteiger partial charge on any atom is 0.270 e. The van der Waals surface area contributed by atoms with Gasteiger partial charge in [-0.2, -0.15) is 0 Å². The second-order valence-electron chi connectivity index (χ2n) is 6.72. The van der Waals surface area contributed by atoms with Crippen molar-refractivity contribution in [2.24, 2.45) is 0 Å². The van der Waals surface area contributed by atoms with Gasteiger partial charge in [0.25, 0.3) is 5.69 Å². The Morgan fingerprint density at radius 2 is 1.78 bits per heavy atom. The molecule has 0 unspecified atom stereocenters. The van der Waals surface area contributed by atoms with Crippen molar-refractivity contribution in [3.63, 3.8) is 0 Å². The summed E-state index contributed by atoms with van der Waals surface area (Å²) in [6, 6.07) is 12.9. The van der Waals surface area contributed by atoms with Crippen LogP contribution in [0.3, 0.4) is 0 Å². The highest BCUT2D eigenvalue weighted by Gasteiger charge is 2.23. The van der Waals surface area contributed by atoms with E-state index < -0.39 is 14.9 Å². The van der Waals surface area contributed by atoms with E-state index in [-0.39, 0.29) is 23.2 Å². The van der Waals surface area contributed by atoms with Crippen LogP contribution in [0.25, 0.3) is 0 Å². The number of anilines is 1. The highest BCUT2D eigenvalue weighted by molar-refractivity contribution is 7.89. The smallest absolute Gasteiger partial charge is 0.270 e. The van der Waals surface area contributed by atoms with Crippen molar-refractivity contribution in [2.45, 2.75) is 10.9 Å². The lowest BCUT2D eigenvalue weighted by Gasteiger charge is -2.23. The van der Waals surface area contributed by atoms with Gasteiger partial charge in [-0.1, -0.05) is 18.2 Å². The van der Waals surface area contributed by atoms with Gasteiger partial charge in [0.1, 0.15) is 6.04 Å². The average Bonchev–Trinajstić information content (AvgIpc) is 2.62. The molecule has 146 valence electrons. The fourth-order valence-corrected chi connectivity index (χ4v) is 3.79. The second-order valence-corrected chi connectivity index (χ2v) is 8.49. The van der Waals surface area contributed by atoms with Gasteiger partial charge in [0.15, 0.2) is 0 Å². The Bertz CT molecular complexity index is 896. The normalized spacial score (nSPS) is 12.8. The molecular weight excluding hydrogens is 368 g/mol. The summed E-state index contributed by atoms with van der Waals surface area (Å²) in [7, 11) is 3.96. The molecule has 9 heteroatoms. The van der Waals surface area contributed by atoms with Crippen molar-refractivity contribution in [3.8, 4) is 0 Å². The summed E-state index contributed by atoms with van der Waals surface area (Å²) in [6.07, 6.45) is 0. The van der Waals surface area contributed by atoms with Gasteiger partial charge in [-0.25, -0.2) is 13.1 Å². The summed E-state index contributed by atoms with van der Waals surface area (Å²) in [5.74, 6) is 0. The fraction of sp³-hybridized carbons (Fsp3) is 0.333. The Hall–Kier alpha value is -2.49. The standard InChI is InChI=1S/C18H24N4O4S/c1-20(2)15-10-8-14(9-11-15)18(21(3)4)13-19-27(25,26)17-7-5-6-16(12-17)22(23)24/h5-12,18-19H,13H2,1-4H3/p+1/t18-/m1/s1. The molecule has 2 aromatic carbocycles. The number of nitrogens with zero attached hydrogens (tertiary/aromatic N) is 2. The molecule has 0 amide bonds. The molecule has 0 fully saturated rings. The predicted octanol–water partition coefficient (Wildman–Crippen LogP) is 0.825. The molecule has 2 aromatic rings. The molecule has 2 rings (SSSR count). The lowest BCUT2D eigenvalue weighted by atomic mass is 10.1. The third-order valence-corrected chi connectivity index (χ3v) is 5.75. The molecule has 0 aliphatic heterocycles. The first-order valence-corrected chi connectivity index (χ1v) is 9.91. The van der Waals surface area contributed by atoms with Crippen LogP contribution in [0.4, 0.5) is 11.4 Å². The topological polar surface area (TPSA) is 97.0 Å². The van der Waals surface area contributed by atoms with Crippen LogP contribution in [0, 0.1) is 10.1 Å². The number of sulfonamides is 1. The van der Waals surface area contributed by atoms with E-state index >= 15 is 0 Å². The maximum absolute atomic E-state index is 12.6. The Morgan fingerprint density at radius 1 is 1.15 bits per heavy atom. The minimum Gasteiger partial charge on any atom is -0.378 e. The molecule has 2 N–H and O–H groups in total. The van der Waals surface area contributed by atoms with E-state index in [1.165, 1.54) is 18.2 Å². The first kappa shape index (κ1) is 20.8. The van der Waals surface area contributed by atoms with E-state index in [1.54, 1.807) is 0 Å². The largest absolute Gasteiger partial charge is 0.378 e. The number of hydrogen-bond donors (Lipinski definition) is 2. The predicted molar refractivity (Wildman–Crippen MR) is 105 cm³/mol. The third kappa shape index (κ3) is 5.25. The number of quaternary nitrogens is 1. The molecular formula is C18H25N4O4S+.